The molecule has 0 bridgehead atoms. The van der Waals surface area contributed by atoms with Crippen LogP contribution in [0.4, 0.5) is 4.79 Å². The highest BCUT2D eigenvalue weighted by Gasteiger charge is 2.42. The van der Waals surface area contributed by atoms with Crippen molar-refractivity contribution in [2.45, 2.75) is 63.6 Å². The standard InChI is InChI=1S/C39H53N7O4/c1-7-34(39(26-29(3)45(4)5,31-20-13-9-14-21-31)32-22-15-10-16-23-32)50-38(49)46(6)27-28(2)43-36(48)33(24-17-25-42-37(40)41)44-35(47)30-18-11-8-12-19-30/h7-16,18-23,28-29,33H,17,24-27H2,1-6H3,(H,43,48)(H,44,47)(H4,40,41,42)/b34-7+/t28-,29-,33+/m1/s1. The minimum absolute atomic E-state index is 0.0408. The molecule has 0 saturated heterocycles. The van der Waals surface area contributed by atoms with Crippen LogP contribution in [0.2, 0.25) is 0 Å². The highest BCUT2D eigenvalue weighted by atomic mass is 16.6. The number of amides is 3. The minimum atomic E-state index is -0.845. The molecule has 0 aliphatic carbocycles. The van der Waals surface area contributed by atoms with E-state index < -0.39 is 23.6 Å². The van der Waals surface area contributed by atoms with Crippen molar-refractivity contribution in [3.8, 4) is 0 Å². The number of ether oxygens (including phenoxy) is 1. The zero-order chi connectivity index (χ0) is 36.7. The molecule has 50 heavy (non-hydrogen) atoms. The molecule has 0 aliphatic heterocycles. The van der Waals surface area contributed by atoms with Gasteiger partial charge in [-0.3, -0.25) is 14.6 Å². The maximum Gasteiger partial charge on any atom is 0.414 e. The number of carbonyl (C=O) groups is 3. The molecule has 0 aromatic heterocycles. The van der Waals surface area contributed by atoms with Gasteiger partial charge in [-0.05, 0) is 83.5 Å². The van der Waals surface area contributed by atoms with Gasteiger partial charge in [-0.25, -0.2) is 4.79 Å². The van der Waals surface area contributed by atoms with Crippen LogP contribution in [0.1, 0.15) is 61.5 Å². The topological polar surface area (TPSA) is 155 Å². The summed E-state index contributed by atoms with van der Waals surface area (Å²) >= 11 is 0. The summed E-state index contributed by atoms with van der Waals surface area (Å²) in [5, 5.41) is 5.78. The number of allylic oxidation sites excluding steroid dienone is 2. The van der Waals surface area contributed by atoms with Gasteiger partial charge < -0.3 is 36.6 Å². The second-order valence-electron chi connectivity index (χ2n) is 12.8. The molecule has 3 amide bonds. The molecule has 0 spiro atoms. The fourth-order valence-corrected chi connectivity index (χ4v) is 5.90. The largest absolute Gasteiger partial charge is 0.414 e. The van der Waals surface area contributed by atoms with Gasteiger partial charge in [-0.15, -0.1) is 0 Å². The zero-order valence-electron chi connectivity index (χ0n) is 30.1. The Bertz CT molecular complexity index is 1540. The number of nitrogens with one attached hydrogen (secondary N) is 2. The van der Waals surface area contributed by atoms with Gasteiger partial charge in [0.05, 0.1) is 5.41 Å². The summed E-state index contributed by atoms with van der Waals surface area (Å²) in [5.74, 6) is -0.279. The van der Waals surface area contributed by atoms with Crippen molar-refractivity contribution in [3.05, 3.63) is 120 Å². The van der Waals surface area contributed by atoms with Crippen molar-refractivity contribution in [2.24, 2.45) is 16.5 Å². The first-order valence-corrected chi connectivity index (χ1v) is 17.0. The van der Waals surface area contributed by atoms with Crippen molar-refractivity contribution in [1.29, 1.82) is 0 Å². The van der Waals surface area contributed by atoms with Crippen molar-refractivity contribution in [2.75, 3.05) is 34.2 Å². The summed E-state index contributed by atoms with van der Waals surface area (Å²) in [6.45, 7) is 6.30. The molecular weight excluding hydrogens is 630 g/mol. The summed E-state index contributed by atoms with van der Waals surface area (Å²) < 4.78 is 6.28. The van der Waals surface area contributed by atoms with Crippen molar-refractivity contribution in [1.82, 2.24) is 20.4 Å². The van der Waals surface area contributed by atoms with Gasteiger partial charge in [-0.1, -0.05) is 78.9 Å². The van der Waals surface area contributed by atoms with E-state index in [-0.39, 0.29) is 30.4 Å². The average Bonchev–Trinajstić information content (AvgIpc) is 3.11. The molecule has 0 heterocycles. The van der Waals surface area contributed by atoms with Crippen LogP contribution in [0, 0.1) is 0 Å². The van der Waals surface area contributed by atoms with Crippen LogP contribution >= 0.6 is 0 Å². The fourth-order valence-electron chi connectivity index (χ4n) is 5.90. The summed E-state index contributed by atoms with van der Waals surface area (Å²) in [6, 6.07) is 27.7. The molecule has 268 valence electrons. The van der Waals surface area contributed by atoms with Crippen molar-refractivity contribution in [3.63, 3.8) is 0 Å². The number of carbonyl (C=O) groups excluding carboxylic acids is 3. The number of benzene rings is 3. The Morgan fingerprint density at radius 3 is 1.90 bits per heavy atom. The Labute approximate surface area is 296 Å². The normalized spacial score (nSPS) is 13.5. The molecule has 0 unspecified atom stereocenters. The van der Waals surface area contributed by atoms with Gasteiger partial charge in [0.15, 0.2) is 5.96 Å². The molecular formula is C39H53N7O4. The van der Waals surface area contributed by atoms with E-state index in [1.165, 1.54) is 4.90 Å². The molecule has 0 aliphatic rings. The first-order valence-electron chi connectivity index (χ1n) is 17.0. The maximum atomic E-state index is 13.8. The van der Waals surface area contributed by atoms with Crippen LogP contribution < -0.4 is 22.1 Å². The number of likely N-dealkylation sites (N-methyl/N-ethyl adjacent to an activating group) is 1. The average molecular weight is 684 g/mol. The SMILES string of the molecule is C/C=C(/OC(=O)N(C)C[C@@H](C)NC(=O)[C@H](CCCN=C(N)N)NC(=O)c1ccccc1)C(C[C@@H](C)N(C)C)(c1ccccc1)c1ccccc1. The van der Waals surface area contributed by atoms with Crippen LogP contribution in [-0.2, 0) is 14.9 Å². The van der Waals surface area contributed by atoms with E-state index in [9.17, 15) is 14.4 Å². The summed E-state index contributed by atoms with van der Waals surface area (Å²) in [6.07, 6.45) is 2.73. The number of aliphatic imine (C=N–C) groups is 1. The Morgan fingerprint density at radius 2 is 1.40 bits per heavy atom. The quantitative estimate of drug-likeness (QED) is 0.0699. The Hall–Kier alpha value is -5.16. The molecule has 3 aromatic rings. The number of nitrogens with two attached hydrogens (primary N) is 2. The third-order valence-corrected chi connectivity index (χ3v) is 8.75. The van der Waals surface area contributed by atoms with E-state index in [0.717, 1.165) is 11.1 Å². The van der Waals surface area contributed by atoms with Gasteiger partial charge in [0.1, 0.15) is 11.8 Å². The number of hydrogen-bond acceptors (Lipinski definition) is 6. The Balaban J connectivity index is 1.79. The molecule has 11 nitrogen and oxygen atoms in total. The number of hydrogen-bond donors (Lipinski definition) is 4. The second-order valence-corrected chi connectivity index (χ2v) is 12.8. The van der Waals surface area contributed by atoms with E-state index in [4.69, 9.17) is 16.2 Å². The highest BCUT2D eigenvalue weighted by Crippen LogP contribution is 2.44. The van der Waals surface area contributed by atoms with Crippen LogP contribution in [0.5, 0.6) is 0 Å². The second kappa shape index (κ2) is 19.1. The molecule has 11 heteroatoms. The first-order chi connectivity index (χ1) is 23.9. The van der Waals surface area contributed by atoms with E-state index >= 15 is 0 Å². The summed E-state index contributed by atoms with van der Waals surface area (Å²) in [5.41, 5.74) is 12.6. The number of nitrogens with zero attached hydrogens (tertiary/aromatic N) is 3. The van der Waals surface area contributed by atoms with Crippen molar-refractivity contribution >= 4 is 23.9 Å². The zero-order valence-corrected chi connectivity index (χ0v) is 30.1. The summed E-state index contributed by atoms with van der Waals surface area (Å²) in [4.78, 5) is 47.8. The smallest absolute Gasteiger partial charge is 0.414 e. The molecule has 0 radical (unpaired) electrons. The molecule has 3 rings (SSSR count). The predicted octanol–water partition coefficient (Wildman–Crippen LogP) is 4.64. The van der Waals surface area contributed by atoms with E-state index in [2.05, 4.69) is 51.7 Å². The van der Waals surface area contributed by atoms with E-state index in [0.29, 0.717) is 37.1 Å². The van der Waals surface area contributed by atoms with Crippen LogP contribution in [-0.4, -0.2) is 86.0 Å². The highest BCUT2D eigenvalue weighted by molar-refractivity contribution is 5.97. The lowest BCUT2D eigenvalue weighted by Gasteiger charge is -2.40. The lowest BCUT2D eigenvalue weighted by molar-refractivity contribution is -0.123. The molecule has 0 fully saturated rings. The van der Waals surface area contributed by atoms with E-state index in [1.54, 1.807) is 38.2 Å². The third kappa shape index (κ3) is 10.9. The van der Waals surface area contributed by atoms with Gasteiger partial charge >= 0.3 is 6.09 Å². The minimum Gasteiger partial charge on any atom is -0.414 e. The Morgan fingerprint density at radius 1 is 0.860 bits per heavy atom. The molecule has 0 saturated carbocycles. The lowest BCUT2D eigenvalue weighted by Crippen LogP contribution is -2.51. The van der Waals surface area contributed by atoms with Crippen LogP contribution in [0.3, 0.4) is 0 Å². The number of guanidine groups is 1. The Kier molecular flexibility index (Phi) is 15.0. The lowest BCUT2D eigenvalue weighted by atomic mass is 9.68. The fraction of sp³-hybridized carbons (Fsp3) is 0.385. The van der Waals surface area contributed by atoms with Gasteiger partial charge in [0, 0.05) is 37.8 Å². The van der Waals surface area contributed by atoms with Crippen LogP contribution in [0.25, 0.3) is 0 Å². The monoisotopic (exact) mass is 683 g/mol. The van der Waals surface area contributed by atoms with Gasteiger partial charge in [0.25, 0.3) is 5.91 Å². The van der Waals surface area contributed by atoms with Gasteiger partial charge in [-0.2, -0.15) is 0 Å². The van der Waals surface area contributed by atoms with Crippen LogP contribution in [0.15, 0.2) is 108 Å². The predicted molar refractivity (Wildman–Crippen MR) is 200 cm³/mol. The maximum absolute atomic E-state index is 13.8. The molecule has 3 atom stereocenters. The summed E-state index contributed by atoms with van der Waals surface area (Å²) in [7, 11) is 5.72. The van der Waals surface area contributed by atoms with E-state index in [1.807, 2.05) is 69.6 Å². The third-order valence-electron chi connectivity index (χ3n) is 8.75. The molecule has 3 aromatic carbocycles. The van der Waals surface area contributed by atoms with Gasteiger partial charge in [0.2, 0.25) is 5.91 Å². The number of rotatable bonds is 17. The van der Waals surface area contributed by atoms with Crippen molar-refractivity contribution < 1.29 is 19.1 Å². The first kappa shape index (κ1) is 39.3. The molecule has 6 N–H and O–H groups in total.